The van der Waals surface area contributed by atoms with Crippen LogP contribution in [0.1, 0.15) is 6.92 Å². The van der Waals surface area contributed by atoms with Crippen molar-refractivity contribution in [1.29, 1.82) is 0 Å². The average Bonchev–Trinajstić information content (AvgIpc) is 1.72. The van der Waals surface area contributed by atoms with E-state index in [0.717, 1.165) is 15.1 Å². The van der Waals surface area contributed by atoms with Gasteiger partial charge in [0.2, 0.25) is 0 Å². The monoisotopic (exact) mass is 232 g/mol. The molecule has 1 atom stereocenters. The quantitative estimate of drug-likeness (QED) is 0.338. The Kier molecular flexibility index (Phi) is 5.42. The van der Waals surface area contributed by atoms with Crippen LogP contribution in [0.2, 0.25) is 0 Å². The Balaban J connectivity index is 3.16. The molecule has 7 heavy (non-hydrogen) atoms. The van der Waals surface area contributed by atoms with Crippen LogP contribution in [0.25, 0.3) is 0 Å². The van der Waals surface area contributed by atoms with Crippen molar-refractivity contribution in [1.82, 2.24) is 0 Å². The van der Waals surface area contributed by atoms with Crippen molar-refractivity contribution >= 4 is 39.1 Å². The van der Waals surface area contributed by atoms with Crippen LogP contribution in [-0.4, -0.2) is 15.1 Å². The van der Waals surface area contributed by atoms with Gasteiger partial charge in [0.1, 0.15) is 0 Å². The van der Waals surface area contributed by atoms with Crippen molar-refractivity contribution in [2.45, 2.75) is 6.92 Å². The molecule has 0 aliphatic carbocycles. The molecule has 1 unspecified atom stereocenters. The summed E-state index contributed by atoms with van der Waals surface area (Å²) >= 11 is 2.25. The summed E-state index contributed by atoms with van der Waals surface area (Å²) in [4.78, 5) is 9.99. The fraction of sp³-hybridized carbons (Fsp3) is 0.750. The van der Waals surface area contributed by atoms with Gasteiger partial charge in [-0.1, -0.05) is 29.5 Å². The molecule has 0 aliphatic heterocycles. The van der Waals surface area contributed by atoms with E-state index in [-0.39, 0.29) is 10.9 Å². The molecule has 0 aromatic carbocycles. The molecule has 0 aromatic heterocycles. The van der Waals surface area contributed by atoms with Crippen molar-refractivity contribution in [2.24, 2.45) is 0 Å². The lowest BCUT2D eigenvalue weighted by atomic mass is 11.0. The van der Waals surface area contributed by atoms with Crippen LogP contribution in [0, 0.1) is 0 Å². The first-order valence-corrected chi connectivity index (χ1v) is 5.41. The predicted molar refractivity (Wildman–Crippen MR) is 45.2 cm³/mol. The molecule has 44 valence electrons. The number of carbonyl (C=O) groups excluding carboxylic acids is 1. The van der Waals surface area contributed by atoms with Crippen LogP contribution in [0.15, 0.2) is 0 Å². The van der Waals surface area contributed by atoms with E-state index in [2.05, 4.69) is 29.5 Å². The van der Waals surface area contributed by atoms with E-state index < -0.39 is 0 Å². The minimum atomic E-state index is -0.248. The van der Waals surface area contributed by atoms with Crippen LogP contribution in [0.3, 0.4) is 0 Å². The minimum absolute atomic E-state index is 0.248. The number of hydrogen-bond acceptors (Lipinski definition) is 1. The van der Waals surface area contributed by atoms with Gasteiger partial charge in [0.25, 0.3) is 0 Å². The summed E-state index contributed by atoms with van der Waals surface area (Å²) in [7, 11) is -0.248. The fourth-order valence-electron chi connectivity index (χ4n) is 0.187. The fourth-order valence-corrected chi connectivity index (χ4v) is 2.49. The third kappa shape index (κ3) is 3.34. The molecule has 0 fully saturated rings. The highest BCUT2D eigenvalue weighted by Gasteiger charge is 1.91. The number of thiol groups is 1. The van der Waals surface area contributed by atoms with E-state index in [9.17, 15) is 4.79 Å². The van der Waals surface area contributed by atoms with Gasteiger partial charge < -0.3 is 0 Å². The van der Waals surface area contributed by atoms with Gasteiger partial charge in [-0.25, -0.2) is 0 Å². The lowest BCUT2D eigenvalue weighted by molar-refractivity contribution is 0.569. The third-order valence-corrected chi connectivity index (χ3v) is 4.76. The summed E-state index contributed by atoms with van der Waals surface area (Å²) in [5, 5.41) is 0. The van der Waals surface area contributed by atoms with Gasteiger partial charge in [0, 0.05) is 3.76 Å². The molecular weight excluding hydrogens is 223 g/mol. The van der Waals surface area contributed by atoms with Gasteiger partial charge in [-0.3, -0.25) is 4.79 Å². The number of carbonyl (C=O) groups is 1. The number of halogens is 1. The van der Waals surface area contributed by atoms with E-state index in [1.165, 1.54) is 0 Å². The predicted octanol–water partition coefficient (Wildman–Crippen LogP) is 1.59. The van der Waals surface area contributed by atoms with Crippen LogP contribution >= 0.6 is 33.5 Å². The average molecular weight is 232 g/mol. The molecule has 0 bridgehead atoms. The van der Waals surface area contributed by atoms with E-state index in [0.29, 0.717) is 0 Å². The molecule has 0 aliphatic rings. The molecule has 0 saturated heterocycles. The Morgan fingerprint density at radius 2 is 2.43 bits per heavy atom. The molecular formula is C4H9IOS. The van der Waals surface area contributed by atoms with Crippen molar-refractivity contribution in [3.63, 3.8) is 0 Å². The normalized spacial score (nSPS) is 16.0. The summed E-state index contributed by atoms with van der Waals surface area (Å²) < 4.78 is 1.02. The van der Waals surface area contributed by atoms with Gasteiger partial charge in [0.15, 0.2) is 5.62 Å². The molecule has 0 spiro atoms. The zero-order chi connectivity index (χ0) is 5.70. The summed E-state index contributed by atoms with van der Waals surface area (Å²) in [6.07, 6.45) is 0. The molecule has 0 rings (SSSR count). The Hall–Kier alpha value is 0.750. The largest absolute Gasteiger partial charge is 0.293 e. The smallest absolute Gasteiger partial charge is 0.157 e. The van der Waals surface area contributed by atoms with Crippen LogP contribution < -0.4 is 0 Å². The molecule has 1 nitrogen and oxygen atoms in total. The second-order valence-electron chi connectivity index (χ2n) is 1.13. The van der Waals surface area contributed by atoms with E-state index in [1.807, 2.05) is 0 Å². The minimum Gasteiger partial charge on any atom is -0.293 e. The van der Waals surface area contributed by atoms with Gasteiger partial charge in [-0.15, -0.1) is 0 Å². The Bertz CT molecular complexity index is 53.7. The van der Waals surface area contributed by atoms with Crippen LogP contribution in [0.5, 0.6) is 0 Å². The zero-order valence-electron chi connectivity index (χ0n) is 4.22. The number of rotatable bonds is 3. The van der Waals surface area contributed by atoms with E-state index >= 15 is 0 Å². The zero-order valence-corrected chi connectivity index (χ0v) is 7.28. The summed E-state index contributed by atoms with van der Waals surface area (Å²) in [5.74, 6) is 1.04. The molecule has 0 heterocycles. The first-order valence-electron chi connectivity index (χ1n) is 2.10. The lowest BCUT2D eigenvalue weighted by Gasteiger charge is -2.03. The summed E-state index contributed by atoms with van der Waals surface area (Å²) in [5.41, 5.74) is 1.09. The number of hydrogen-bond donors (Lipinski definition) is 1. The second kappa shape index (κ2) is 4.90. The van der Waals surface area contributed by atoms with E-state index in [1.54, 1.807) is 0 Å². The van der Waals surface area contributed by atoms with Gasteiger partial charge >= 0.3 is 0 Å². The van der Waals surface area contributed by atoms with Crippen molar-refractivity contribution in [3.8, 4) is 0 Å². The number of alkyl halides is 1. The summed E-state index contributed by atoms with van der Waals surface area (Å²) in [6.45, 7) is 2.05. The first kappa shape index (κ1) is 7.75. The molecule has 0 radical (unpaired) electrons. The highest BCUT2D eigenvalue weighted by atomic mass is 127. The Morgan fingerprint density at radius 1 is 1.86 bits per heavy atom. The molecule has 0 amide bonds. The van der Waals surface area contributed by atoms with Crippen molar-refractivity contribution < 1.29 is 4.79 Å². The van der Waals surface area contributed by atoms with Crippen molar-refractivity contribution in [2.75, 3.05) is 9.51 Å². The van der Waals surface area contributed by atoms with Gasteiger partial charge in [0.05, 0.1) is 0 Å². The highest BCUT2D eigenvalue weighted by molar-refractivity contribution is 14.1. The maximum atomic E-state index is 9.99. The highest BCUT2D eigenvalue weighted by Crippen LogP contribution is 2.21. The molecule has 3 heteroatoms. The van der Waals surface area contributed by atoms with Crippen LogP contribution in [0.4, 0.5) is 0 Å². The van der Waals surface area contributed by atoms with Gasteiger partial charge in [-0.05, 0) is 5.75 Å². The molecule has 0 aromatic rings. The maximum Gasteiger partial charge on any atom is 0.157 e. The summed E-state index contributed by atoms with van der Waals surface area (Å²) in [6, 6.07) is 0. The molecule has 0 N–H and O–H groups in total. The Morgan fingerprint density at radius 3 is 2.43 bits per heavy atom. The topological polar surface area (TPSA) is 17.1 Å². The van der Waals surface area contributed by atoms with Gasteiger partial charge in [-0.2, -0.15) is 10.9 Å². The maximum absolute atomic E-state index is 9.99. The van der Waals surface area contributed by atoms with Crippen LogP contribution in [-0.2, 0) is 4.79 Å². The first-order chi connectivity index (χ1) is 3.35. The standard InChI is InChI=1S/C4H9IOS/c1-2-7(3-5)4-6/h4,7H,2-3H2,1H3. The van der Waals surface area contributed by atoms with E-state index in [4.69, 9.17) is 0 Å². The second-order valence-corrected chi connectivity index (χ2v) is 5.44. The van der Waals surface area contributed by atoms with Crippen molar-refractivity contribution in [3.05, 3.63) is 0 Å². The SMILES string of the molecule is CC[SH](C=O)CI. The third-order valence-electron chi connectivity index (χ3n) is 0.709. The lowest BCUT2D eigenvalue weighted by Crippen LogP contribution is -1.83. The molecule has 0 saturated carbocycles. The Labute approximate surface area is 60.3 Å².